The van der Waals surface area contributed by atoms with Crippen molar-refractivity contribution in [3.63, 3.8) is 0 Å². The lowest BCUT2D eigenvalue weighted by molar-refractivity contribution is -0.143. The van der Waals surface area contributed by atoms with Crippen LogP contribution in [0, 0.1) is 0 Å². The van der Waals surface area contributed by atoms with E-state index in [1.807, 2.05) is 0 Å². The molecule has 6 nitrogen and oxygen atoms in total. The molecule has 3 N–H and O–H groups in total. The topological polar surface area (TPSA) is 95.9 Å². The number of carbonyl (C=O) groups excluding carboxylic acids is 2. The molecular weight excluding hydrogens is 671 g/mol. The average molecular weight is 760 g/mol. The van der Waals surface area contributed by atoms with Crippen molar-refractivity contribution >= 4 is 11.9 Å². The normalized spacial score (nSPS) is 13.0. The van der Waals surface area contributed by atoms with Crippen molar-refractivity contribution in [1.29, 1.82) is 0 Å². The summed E-state index contributed by atoms with van der Waals surface area (Å²) in [6, 6.07) is -0.567. The number of rotatable bonds is 42. The van der Waals surface area contributed by atoms with Crippen LogP contribution in [-0.4, -0.2) is 47.4 Å². The molecule has 0 saturated heterocycles. The second-order valence-corrected chi connectivity index (χ2v) is 15.7. The molecule has 0 fully saturated rings. The highest BCUT2D eigenvalue weighted by Crippen LogP contribution is 2.15. The summed E-state index contributed by atoms with van der Waals surface area (Å²) in [5, 5.41) is 23.1. The summed E-state index contributed by atoms with van der Waals surface area (Å²) in [7, 11) is 0. The Hall–Kier alpha value is -1.92. The van der Waals surface area contributed by atoms with E-state index in [1.54, 1.807) is 0 Å². The predicted octanol–water partition coefficient (Wildman–Crippen LogP) is 13.3. The maximum absolute atomic E-state index is 12.4. The van der Waals surface area contributed by atoms with Gasteiger partial charge in [0.05, 0.1) is 25.4 Å². The van der Waals surface area contributed by atoms with Crippen LogP contribution >= 0.6 is 0 Å². The molecule has 0 aromatic rings. The minimum Gasteiger partial charge on any atom is -0.466 e. The van der Waals surface area contributed by atoms with Crippen LogP contribution in [0.25, 0.3) is 0 Å². The minimum absolute atomic E-state index is 0.0519. The van der Waals surface area contributed by atoms with E-state index in [0.29, 0.717) is 25.9 Å². The highest BCUT2D eigenvalue weighted by molar-refractivity contribution is 5.76. The first-order valence-electron chi connectivity index (χ1n) is 23.2. The van der Waals surface area contributed by atoms with Crippen LogP contribution < -0.4 is 5.32 Å². The van der Waals surface area contributed by atoms with Crippen LogP contribution in [0.5, 0.6) is 0 Å². The zero-order valence-electron chi connectivity index (χ0n) is 35.7. The number of hydrogen-bond donors (Lipinski definition) is 3. The van der Waals surface area contributed by atoms with E-state index in [1.165, 1.54) is 109 Å². The maximum Gasteiger partial charge on any atom is 0.305 e. The summed E-state index contributed by atoms with van der Waals surface area (Å²) in [5.41, 5.74) is 0. The van der Waals surface area contributed by atoms with Crippen molar-refractivity contribution in [2.24, 2.45) is 0 Å². The zero-order valence-corrected chi connectivity index (χ0v) is 35.7. The number of esters is 1. The Morgan fingerprint density at radius 1 is 0.519 bits per heavy atom. The Bertz CT molecular complexity index is 884. The summed E-state index contributed by atoms with van der Waals surface area (Å²) in [5.74, 6) is -0.126. The van der Waals surface area contributed by atoms with Crippen LogP contribution in [0.2, 0.25) is 0 Å². The number of aliphatic hydroxyl groups is 2. The Kier molecular flexibility index (Phi) is 42.2. The molecule has 2 unspecified atom stereocenters. The summed E-state index contributed by atoms with van der Waals surface area (Å²) in [6.07, 6.45) is 51.0. The Balaban J connectivity index is 3.56. The molecule has 54 heavy (non-hydrogen) atoms. The van der Waals surface area contributed by atoms with Crippen LogP contribution in [-0.2, 0) is 14.3 Å². The Morgan fingerprint density at radius 2 is 0.944 bits per heavy atom. The van der Waals surface area contributed by atoms with Gasteiger partial charge in [-0.15, -0.1) is 0 Å². The number of allylic oxidation sites excluding steroid dienone is 6. The van der Waals surface area contributed by atoms with Gasteiger partial charge in [-0.3, -0.25) is 9.59 Å². The first-order chi connectivity index (χ1) is 26.5. The van der Waals surface area contributed by atoms with Gasteiger partial charge in [-0.2, -0.15) is 0 Å². The molecule has 6 heteroatoms. The van der Waals surface area contributed by atoms with Gasteiger partial charge >= 0.3 is 5.97 Å². The van der Waals surface area contributed by atoms with E-state index < -0.39 is 12.1 Å². The van der Waals surface area contributed by atoms with Crippen LogP contribution in [0.4, 0.5) is 0 Å². The third-order valence-electron chi connectivity index (χ3n) is 10.4. The van der Waals surface area contributed by atoms with Gasteiger partial charge in [0, 0.05) is 12.8 Å². The first kappa shape index (κ1) is 52.1. The first-order valence-corrected chi connectivity index (χ1v) is 23.2. The van der Waals surface area contributed by atoms with Gasteiger partial charge in [-0.1, -0.05) is 179 Å². The second-order valence-electron chi connectivity index (χ2n) is 15.7. The molecule has 1 amide bonds. The Morgan fingerprint density at radius 3 is 1.48 bits per heavy atom. The fourth-order valence-corrected chi connectivity index (χ4v) is 6.76. The fourth-order valence-electron chi connectivity index (χ4n) is 6.76. The average Bonchev–Trinajstić information content (AvgIpc) is 3.17. The number of aliphatic hydroxyl groups excluding tert-OH is 2. The SMILES string of the molecule is CCCC/C=C\C/C=C\CCCCCCCC(=O)OCCCC/C=C\CCCCCCC(=O)NC(CO)C(O)CCCCCCCCCCCCCCC. The molecule has 0 aliphatic carbocycles. The molecule has 0 spiro atoms. The summed E-state index contributed by atoms with van der Waals surface area (Å²) < 4.78 is 5.41. The van der Waals surface area contributed by atoms with Gasteiger partial charge in [0.15, 0.2) is 0 Å². The van der Waals surface area contributed by atoms with Crippen molar-refractivity contribution in [1.82, 2.24) is 5.32 Å². The summed E-state index contributed by atoms with van der Waals surface area (Å²) in [4.78, 5) is 24.4. The van der Waals surface area contributed by atoms with Crippen molar-refractivity contribution in [2.75, 3.05) is 13.2 Å². The van der Waals surface area contributed by atoms with E-state index in [4.69, 9.17) is 4.74 Å². The maximum atomic E-state index is 12.4. The van der Waals surface area contributed by atoms with E-state index in [9.17, 15) is 19.8 Å². The quantitative estimate of drug-likeness (QED) is 0.0327. The molecular formula is C48H89NO5. The third-order valence-corrected chi connectivity index (χ3v) is 10.4. The van der Waals surface area contributed by atoms with E-state index in [0.717, 1.165) is 89.9 Å². The zero-order chi connectivity index (χ0) is 39.4. The molecule has 0 saturated carbocycles. The number of ether oxygens (including phenoxy) is 1. The summed E-state index contributed by atoms with van der Waals surface area (Å²) in [6.45, 7) is 4.80. The molecule has 0 radical (unpaired) electrons. The van der Waals surface area contributed by atoms with E-state index >= 15 is 0 Å². The number of nitrogens with one attached hydrogen (secondary N) is 1. The minimum atomic E-state index is -0.686. The van der Waals surface area contributed by atoms with Crippen molar-refractivity contribution in [3.8, 4) is 0 Å². The van der Waals surface area contributed by atoms with Crippen molar-refractivity contribution < 1.29 is 24.5 Å². The third kappa shape index (κ3) is 39.8. The molecule has 0 rings (SSSR count). The lowest BCUT2D eigenvalue weighted by Crippen LogP contribution is -2.45. The lowest BCUT2D eigenvalue weighted by atomic mass is 10.0. The standard InChI is InChI=1S/C48H89NO5/c1-3-5-7-9-11-13-15-17-19-21-26-30-34-38-42-48(53)54-43-39-35-31-27-23-22-25-29-33-37-41-47(52)49-45(44-50)46(51)40-36-32-28-24-20-18-16-14-12-10-8-6-4-2/h9,11,15,17,23,27,45-46,50-51H,3-8,10,12-14,16,18-22,24-26,28-44H2,1-2H3,(H,49,52)/b11-9-,17-15-,27-23-. The molecule has 316 valence electrons. The van der Waals surface area contributed by atoms with Gasteiger partial charge in [-0.05, 0) is 77.0 Å². The Labute approximate surface area is 334 Å². The highest BCUT2D eigenvalue weighted by Gasteiger charge is 2.20. The number of carbonyl (C=O) groups is 2. The molecule has 0 heterocycles. The van der Waals surface area contributed by atoms with Crippen molar-refractivity contribution in [3.05, 3.63) is 36.5 Å². The summed E-state index contributed by atoms with van der Waals surface area (Å²) >= 11 is 0. The predicted molar refractivity (Wildman–Crippen MR) is 232 cm³/mol. The molecule has 2 atom stereocenters. The van der Waals surface area contributed by atoms with Crippen LogP contribution in [0.3, 0.4) is 0 Å². The fraction of sp³-hybridized carbons (Fsp3) is 0.833. The monoisotopic (exact) mass is 760 g/mol. The smallest absolute Gasteiger partial charge is 0.305 e. The highest BCUT2D eigenvalue weighted by atomic mass is 16.5. The number of amides is 1. The molecule has 0 aliphatic rings. The largest absolute Gasteiger partial charge is 0.466 e. The second kappa shape index (κ2) is 43.8. The van der Waals surface area contributed by atoms with Gasteiger partial charge in [0.1, 0.15) is 0 Å². The van der Waals surface area contributed by atoms with Gasteiger partial charge < -0.3 is 20.3 Å². The molecule has 0 bridgehead atoms. The number of hydrogen-bond acceptors (Lipinski definition) is 5. The van der Waals surface area contributed by atoms with Gasteiger partial charge in [0.25, 0.3) is 0 Å². The van der Waals surface area contributed by atoms with Crippen LogP contribution in [0.15, 0.2) is 36.5 Å². The van der Waals surface area contributed by atoms with Crippen LogP contribution in [0.1, 0.15) is 232 Å². The molecule has 0 aliphatic heterocycles. The lowest BCUT2D eigenvalue weighted by Gasteiger charge is -2.22. The van der Waals surface area contributed by atoms with Gasteiger partial charge in [0.2, 0.25) is 5.91 Å². The number of unbranched alkanes of at least 4 members (excludes halogenated alkanes) is 25. The van der Waals surface area contributed by atoms with E-state index in [-0.39, 0.29) is 18.5 Å². The molecule has 0 aromatic carbocycles. The van der Waals surface area contributed by atoms with Gasteiger partial charge in [-0.25, -0.2) is 0 Å². The molecule has 0 aromatic heterocycles. The van der Waals surface area contributed by atoms with Crippen molar-refractivity contribution in [2.45, 2.75) is 244 Å². The van der Waals surface area contributed by atoms with E-state index in [2.05, 4.69) is 55.6 Å².